The summed E-state index contributed by atoms with van der Waals surface area (Å²) in [7, 11) is 0. The molecule has 0 saturated carbocycles. The van der Waals surface area contributed by atoms with Crippen LogP contribution < -0.4 is 0 Å². The Balaban J connectivity index is 1.77. The second-order valence-corrected chi connectivity index (χ2v) is 5.17. The number of Topliss-reactive ketones (excluding diaryl/α,β-unsaturated/α-hetero) is 1. The lowest BCUT2D eigenvalue weighted by Gasteiger charge is -1.95. The first-order chi connectivity index (χ1) is 8.72. The van der Waals surface area contributed by atoms with Gasteiger partial charge >= 0.3 is 0 Å². The molecule has 0 atom stereocenters. The van der Waals surface area contributed by atoms with Crippen LogP contribution in [-0.4, -0.2) is 10.8 Å². The standard InChI is InChI=1S/C14H11NO2S/c1-9(16)12-6-7-14(17-12)18-13-8-10-4-2-3-5-11(10)15-13/h2-7H,8H2,1H3. The topological polar surface area (TPSA) is 42.6 Å². The molecule has 0 bridgehead atoms. The van der Waals surface area contributed by atoms with E-state index in [0.717, 1.165) is 17.2 Å². The number of thioether (sulfide) groups is 1. The van der Waals surface area contributed by atoms with E-state index in [4.69, 9.17) is 4.42 Å². The van der Waals surface area contributed by atoms with Crippen LogP contribution in [0.15, 0.2) is 50.9 Å². The summed E-state index contributed by atoms with van der Waals surface area (Å²) in [4.78, 5) is 15.7. The lowest BCUT2D eigenvalue weighted by Crippen LogP contribution is -1.90. The van der Waals surface area contributed by atoms with E-state index in [2.05, 4.69) is 11.1 Å². The number of hydrogen-bond acceptors (Lipinski definition) is 4. The summed E-state index contributed by atoms with van der Waals surface area (Å²) in [6.07, 6.45) is 0.830. The van der Waals surface area contributed by atoms with Crippen LogP contribution in [0.25, 0.3) is 0 Å². The van der Waals surface area contributed by atoms with Crippen LogP contribution in [0, 0.1) is 0 Å². The average molecular weight is 257 g/mol. The van der Waals surface area contributed by atoms with Crippen molar-refractivity contribution in [3.63, 3.8) is 0 Å². The molecule has 0 spiro atoms. The molecule has 0 aliphatic carbocycles. The van der Waals surface area contributed by atoms with Crippen molar-refractivity contribution in [3.05, 3.63) is 47.7 Å². The van der Waals surface area contributed by atoms with Crippen LogP contribution in [0.2, 0.25) is 0 Å². The van der Waals surface area contributed by atoms with Gasteiger partial charge in [0.25, 0.3) is 0 Å². The number of furan rings is 1. The van der Waals surface area contributed by atoms with Crippen molar-refractivity contribution in [2.24, 2.45) is 4.99 Å². The third kappa shape index (κ3) is 2.11. The number of carbonyl (C=O) groups excluding carboxylic acids is 1. The maximum atomic E-state index is 11.1. The quantitative estimate of drug-likeness (QED) is 0.767. The Morgan fingerprint density at radius 3 is 2.83 bits per heavy atom. The molecule has 3 nitrogen and oxygen atoms in total. The summed E-state index contributed by atoms with van der Waals surface area (Å²) in [6, 6.07) is 11.6. The Hall–Kier alpha value is -1.81. The van der Waals surface area contributed by atoms with Gasteiger partial charge in [0.15, 0.2) is 16.6 Å². The van der Waals surface area contributed by atoms with Gasteiger partial charge in [-0.1, -0.05) is 18.2 Å². The summed E-state index contributed by atoms with van der Waals surface area (Å²) >= 11 is 1.48. The summed E-state index contributed by atoms with van der Waals surface area (Å²) in [5.74, 6) is 0.340. The molecular weight excluding hydrogens is 246 g/mol. The van der Waals surface area contributed by atoms with Crippen LogP contribution >= 0.6 is 11.8 Å². The van der Waals surface area contributed by atoms with Gasteiger partial charge in [-0.05, 0) is 35.5 Å². The third-order valence-electron chi connectivity index (χ3n) is 2.73. The molecule has 18 heavy (non-hydrogen) atoms. The molecule has 1 aromatic heterocycles. The second-order valence-electron chi connectivity index (χ2n) is 4.09. The third-order valence-corrected chi connectivity index (χ3v) is 3.62. The minimum absolute atomic E-state index is 0.0569. The maximum absolute atomic E-state index is 11.1. The SMILES string of the molecule is CC(=O)c1ccc(SC2=Nc3ccccc3C2)o1. The molecule has 1 aromatic carbocycles. The monoisotopic (exact) mass is 257 g/mol. The van der Waals surface area contributed by atoms with Crippen LogP contribution in [0.3, 0.4) is 0 Å². The van der Waals surface area contributed by atoms with Gasteiger partial charge in [-0.3, -0.25) is 4.79 Å². The Kier molecular flexibility index (Phi) is 2.80. The number of hydrogen-bond donors (Lipinski definition) is 0. The van der Waals surface area contributed by atoms with E-state index in [0.29, 0.717) is 10.9 Å². The van der Waals surface area contributed by atoms with Gasteiger partial charge < -0.3 is 4.42 Å². The van der Waals surface area contributed by atoms with Gasteiger partial charge in [-0.25, -0.2) is 4.99 Å². The molecule has 0 amide bonds. The number of carbonyl (C=O) groups is 1. The molecule has 1 aliphatic heterocycles. The van der Waals surface area contributed by atoms with Crippen molar-refractivity contribution in [1.29, 1.82) is 0 Å². The molecule has 90 valence electrons. The fourth-order valence-electron chi connectivity index (χ4n) is 1.85. The van der Waals surface area contributed by atoms with E-state index in [1.165, 1.54) is 24.2 Å². The highest BCUT2D eigenvalue weighted by Gasteiger charge is 2.16. The smallest absolute Gasteiger partial charge is 0.194 e. The van der Waals surface area contributed by atoms with E-state index in [1.54, 1.807) is 6.07 Å². The van der Waals surface area contributed by atoms with Crippen molar-refractivity contribution in [3.8, 4) is 0 Å². The van der Waals surface area contributed by atoms with E-state index < -0.39 is 0 Å². The first-order valence-corrected chi connectivity index (χ1v) is 6.48. The van der Waals surface area contributed by atoms with E-state index in [9.17, 15) is 4.79 Å². The lowest BCUT2D eigenvalue weighted by atomic mass is 10.2. The Morgan fingerprint density at radius 1 is 1.28 bits per heavy atom. The van der Waals surface area contributed by atoms with Crippen molar-refractivity contribution >= 4 is 28.3 Å². The number of benzene rings is 1. The van der Waals surface area contributed by atoms with E-state index in [-0.39, 0.29) is 5.78 Å². The highest BCUT2D eigenvalue weighted by Crippen LogP contribution is 2.33. The van der Waals surface area contributed by atoms with Gasteiger partial charge in [0, 0.05) is 13.3 Å². The maximum Gasteiger partial charge on any atom is 0.194 e. The summed E-state index contributed by atoms with van der Waals surface area (Å²) in [5, 5.41) is 1.72. The summed E-state index contributed by atoms with van der Waals surface area (Å²) in [5.41, 5.74) is 2.26. The molecule has 0 radical (unpaired) electrons. The molecule has 0 saturated heterocycles. The predicted octanol–water partition coefficient (Wildman–Crippen LogP) is 3.86. The molecule has 2 heterocycles. The number of para-hydroxylation sites is 1. The zero-order valence-corrected chi connectivity index (χ0v) is 10.7. The molecule has 4 heteroatoms. The predicted molar refractivity (Wildman–Crippen MR) is 71.8 cm³/mol. The van der Waals surface area contributed by atoms with Gasteiger partial charge in [-0.15, -0.1) is 0 Å². The number of rotatable bonds is 2. The first kappa shape index (κ1) is 11.3. The highest BCUT2D eigenvalue weighted by molar-refractivity contribution is 8.13. The minimum atomic E-state index is -0.0569. The number of nitrogens with zero attached hydrogens (tertiary/aromatic N) is 1. The second kappa shape index (κ2) is 4.46. The molecule has 0 unspecified atom stereocenters. The van der Waals surface area contributed by atoms with Crippen molar-refractivity contribution in [2.75, 3.05) is 0 Å². The van der Waals surface area contributed by atoms with Crippen molar-refractivity contribution in [1.82, 2.24) is 0 Å². The van der Waals surface area contributed by atoms with Gasteiger partial charge in [0.1, 0.15) is 0 Å². The van der Waals surface area contributed by atoms with Crippen molar-refractivity contribution < 1.29 is 9.21 Å². The fraction of sp³-hybridized carbons (Fsp3) is 0.143. The average Bonchev–Trinajstić information content (AvgIpc) is 2.94. The Bertz CT molecular complexity index is 643. The lowest BCUT2D eigenvalue weighted by molar-refractivity contribution is 0.0982. The normalized spacial score (nSPS) is 13.3. The Morgan fingerprint density at radius 2 is 2.11 bits per heavy atom. The van der Waals surface area contributed by atoms with E-state index in [1.807, 2.05) is 24.3 Å². The van der Waals surface area contributed by atoms with Crippen molar-refractivity contribution in [2.45, 2.75) is 18.4 Å². The fourth-order valence-corrected chi connectivity index (χ4v) is 2.72. The molecule has 2 aromatic rings. The minimum Gasteiger partial charge on any atom is -0.446 e. The molecule has 3 rings (SSSR count). The summed E-state index contributed by atoms with van der Waals surface area (Å²) in [6.45, 7) is 1.50. The van der Waals surface area contributed by atoms with E-state index >= 15 is 0 Å². The molecular formula is C14H11NO2S. The molecule has 0 N–H and O–H groups in total. The zero-order valence-electron chi connectivity index (χ0n) is 9.84. The summed E-state index contributed by atoms with van der Waals surface area (Å²) < 4.78 is 5.44. The molecule has 1 aliphatic rings. The number of ketones is 1. The van der Waals surface area contributed by atoms with Crippen LogP contribution in [-0.2, 0) is 6.42 Å². The van der Waals surface area contributed by atoms with Crippen LogP contribution in [0.5, 0.6) is 0 Å². The Labute approximate surface area is 109 Å². The number of fused-ring (bicyclic) bond motifs is 1. The van der Waals surface area contributed by atoms with Gasteiger partial charge in [-0.2, -0.15) is 0 Å². The largest absolute Gasteiger partial charge is 0.446 e. The first-order valence-electron chi connectivity index (χ1n) is 5.66. The van der Waals surface area contributed by atoms with Gasteiger partial charge in [0.2, 0.25) is 0 Å². The van der Waals surface area contributed by atoms with Crippen LogP contribution in [0.1, 0.15) is 23.0 Å². The van der Waals surface area contributed by atoms with Crippen LogP contribution in [0.4, 0.5) is 5.69 Å². The highest BCUT2D eigenvalue weighted by atomic mass is 32.2. The molecule has 0 fully saturated rings. The number of aliphatic imine (C=N–C) groups is 1. The van der Waals surface area contributed by atoms with Gasteiger partial charge in [0.05, 0.1) is 10.7 Å². The zero-order chi connectivity index (χ0) is 12.5.